The molecule has 0 aliphatic heterocycles. The number of nitrogens with one attached hydrogen (secondary N) is 1. The summed E-state index contributed by atoms with van der Waals surface area (Å²) >= 11 is 1.65. The molecule has 0 radical (unpaired) electrons. The molecule has 2 heterocycles. The highest BCUT2D eigenvalue weighted by Gasteiger charge is 2.09. The van der Waals surface area contributed by atoms with E-state index in [1.165, 1.54) is 10.3 Å². The second-order valence-corrected chi connectivity index (χ2v) is 8.84. The summed E-state index contributed by atoms with van der Waals surface area (Å²) in [6, 6.07) is 16.0. The lowest BCUT2D eigenvalue weighted by Crippen LogP contribution is -2.34. The first-order valence-corrected chi connectivity index (χ1v) is 12.2. The molecule has 2 aromatic carbocycles. The van der Waals surface area contributed by atoms with Crippen LogP contribution in [-0.2, 0) is 12.8 Å². The maximum Gasteiger partial charge on any atom is 0.251 e. The third kappa shape index (κ3) is 6.21. The van der Waals surface area contributed by atoms with Gasteiger partial charge in [0.05, 0.1) is 15.7 Å². The minimum Gasteiger partial charge on any atom is -0.351 e. The molecule has 4 rings (SSSR count). The van der Waals surface area contributed by atoms with Crippen molar-refractivity contribution in [2.24, 2.45) is 0 Å². The zero-order valence-electron chi connectivity index (χ0n) is 19.1. The zero-order chi connectivity index (χ0) is 23.0. The van der Waals surface area contributed by atoms with Crippen LogP contribution in [0.1, 0.15) is 46.9 Å². The minimum atomic E-state index is -0.0443. The smallest absolute Gasteiger partial charge is 0.251 e. The lowest BCUT2D eigenvalue weighted by Gasteiger charge is -2.18. The van der Waals surface area contributed by atoms with Crippen molar-refractivity contribution in [1.82, 2.24) is 25.2 Å². The third-order valence-corrected chi connectivity index (χ3v) is 6.50. The van der Waals surface area contributed by atoms with Crippen LogP contribution in [0, 0.1) is 0 Å². The Kier molecular flexibility index (Phi) is 7.75. The monoisotopic (exact) mass is 459 g/mol. The Hall–Kier alpha value is -3.16. The van der Waals surface area contributed by atoms with E-state index in [0.29, 0.717) is 18.5 Å². The van der Waals surface area contributed by atoms with Gasteiger partial charge in [-0.25, -0.2) is 15.0 Å². The Balaban J connectivity index is 1.39. The molecule has 0 fully saturated rings. The third-order valence-electron chi connectivity index (χ3n) is 5.70. The highest BCUT2D eigenvalue weighted by atomic mass is 32.1. The number of aromatic nitrogens is 3. The fraction of sp³-hybridized carbons (Fsp3) is 0.308. The van der Waals surface area contributed by atoms with Gasteiger partial charge in [-0.15, -0.1) is 11.3 Å². The topological polar surface area (TPSA) is 71.0 Å². The number of benzene rings is 2. The molecule has 170 valence electrons. The predicted octanol–water partition coefficient (Wildman–Crippen LogP) is 4.34. The Labute approximate surface area is 198 Å². The van der Waals surface area contributed by atoms with Gasteiger partial charge in [0.25, 0.3) is 5.91 Å². The molecule has 4 aromatic rings. The van der Waals surface area contributed by atoms with Crippen LogP contribution >= 0.6 is 11.3 Å². The zero-order valence-corrected chi connectivity index (χ0v) is 19.9. The normalized spacial score (nSPS) is 11.2. The van der Waals surface area contributed by atoms with Crippen molar-refractivity contribution in [2.45, 2.75) is 26.7 Å². The van der Waals surface area contributed by atoms with Gasteiger partial charge in [0.1, 0.15) is 5.82 Å². The quantitative estimate of drug-likeness (QED) is 0.382. The first-order valence-electron chi connectivity index (χ1n) is 11.4. The van der Waals surface area contributed by atoms with Gasteiger partial charge in [-0.3, -0.25) is 4.79 Å². The van der Waals surface area contributed by atoms with Crippen LogP contribution in [0.25, 0.3) is 10.2 Å². The van der Waals surface area contributed by atoms with E-state index >= 15 is 0 Å². The lowest BCUT2D eigenvalue weighted by molar-refractivity contribution is 0.0949. The number of carbonyl (C=O) groups is 1. The molecule has 0 bridgehead atoms. The molecule has 2 aromatic heterocycles. The molecule has 1 N–H and O–H groups in total. The second kappa shape index (κ2) is 11.1. The molecule has 0 spiro atoms. The lowest BCUT2D eigenvalue weighted by atomic mass is 10.1. The van der Waals surface area contributed by atoms with Gasteiger partial charge in [-0.05, 0) is 54.5 Å². The number of likely N-dealkylation sites (N-methyl/N-ethyl adjacent to an activating group) is 1. The van der Waals surface area contributed by atoms with Gasteiger partial charge >= 0.3 is 0 Å². The number of thiazole rings is 1. The van der Waals surface area contributed by atoms with Gasteiger partial charge in [0, 0.05) is 43.4 Å². The number of amides is 1. The summed E-state index contributed by atoms with van der Waals surface area (Å²) in [7, 11) is 0. The first kappa shape index (κ1) is 23.0. The molecule has 0 aliphatic carbocycles. The molecule has 33 heavy (non-hydrogen) atoms. The van der Waals surface area contributed by atoms with E-state index < -0.39 is 0 Å². The number of carbonyl (C=O) groups excluding carboxylic acids is 1. The van der Waals surface area contributed by atoms with E-state index in [2.05, 4.69) is 52.2 Å². The summed E-state index contributed by atoms with van der Waals surface area (Å²) in [4.78, 5) is 28.4. The number of hydrogen-bond donors (Lipinski definition) is 1. The minimum absolute atomic E-state index is 0.0443. The maximum atomic E-state index is 12.6. The summed E-state index contributed by atoms with van der Waals surface area (Å²) in [5.41, 5.74) is 6.78. The summed E-state index contributed by atoms with van der Waals surface area (Å²) < 4.78 is 1.19. The van der Waals surface area contributed by atoms with Crippen LogP contribution in [0.15, 0.2) is 60.2 Å². The van der Waals surface area contributed by atoms with Gasteiger partial charge in [-0.1, -0.05) is 32.0 Å². The molecule has 6 nitrogen and oxygen atoms in total. The first-order chi connectivity index (χ1) is 16.1. The average molecular weight is 460 g/mol. The van der Waals surface area contributed by atoms with E-state index in [-0.39, 0.29) is 5.91 Å². The van der Waals surface area contributed by atoms with Crippen molar-refractivity contribution in [1.29, 1.82) is 0 Å². The van der Waals surface area contributed by atoms with Crippen molar-refractivity contribution in [3.8, 4) is 0 Å². The molecule has 1 amide bonds. The highest BCUT2D eigenvalue weighted by molar-refractivity contribution is 7.16. The molecule has 0 unspecified atom stereocenters. The van der Waals surface area contributed by atoms with Crippen LogP contribution in [0.4, 0.5) is 0 Å². The van der Waals surface area contributed by atoms with Crippen molar-refractivity contribution < 1.29 is 4.79 Å². The van der Waals surface area contributed by atoms with Crippen LogP contribution in [0.2, 0.25) is 0 Å². The number of fused-ring (bicyclic) bond motifs is 1. The Morgan fingerprint density at radius 1 is 1.00 bits per heavy atom. The Morgan fingerprint density at radius 2 is 1.85 bits per heavy atom. The molecule has 0 aliphatic rings. The molecule has 0 atom stereocenters. The summed E-state index contributed by atoms with van der Waals surface area (Å²) in [5.74, 6) is 0.711. The van der Waals surface area contributed by atoms with Gasteiger partial charge in [0.15, 0.2) is 0 Å². The van der Waals surface area contributed by atoms with Crippen LogP contribution in [0.5, 0.6) is 0 Å². The SMILES string of the molecule is CCN(CC)CCNC(=O)c1cccc(Cc2nccc(Cc3ccc4ncsc4c3)n2)c1. The fourth-order valence-electron chi connectivity index (χ4n) is 3.82. The average Bonchev–Trinajstić information content (AvgIpc) is 3.30. The molecule has 0 saturated carbocycles. The van der Waals surface area contributed by atoms with E-state index in [0.717, 1.165) is 48.7 Å². The summed E-state index contributed by atoms with van der Waals surface area (Å²) in [5, 5.41) is 3.02. The second-order valence-electron chi connectivity index (χ2n) is 7.96. The number of nitrogens with zero attached hydrogens (tertiary/aromatic N) is 4. The van der Waals surface area contributed by atoms with E-state index in [9.17, 15) is 4.79 Å². The number of rotatable bonds is 10. The largest absolute Gasteiger partial charge is 0.351 e. The highest BCUT2D eigenvalue weighted by Crippen LogP contribution is 2.20. The van der Waals surface area contributed by atoms with E-state index in [4.69, 9.17) is 4.98 Å². The summed E-state index contributed by atoms with van der Waals surface area (Å²) in [6.07, 6.45) is 3.15. The van der Waals surface area contributed by atoms with Gasteiger partial charge in [0.2, 0.25) is 0 Å². The van der Waals surface area contributed by atoms with Crippen LogP contribution in [0.3, 0.4) is 0 Å². The van der Waals surface area contributed by atoms with Crippen molar-refractivity contribution in [3.63, 3.8) is 0 Å². The van der Waals surface area contributed by atoms with E-state index in [1.807, 2.05) is 42.0 Å². The summed E-state index contributed by atoms with van der Waals surface area (Å²) in [6.45, 7) is 7.73. The Bertz CT molecular complexity index is 1220. The van der Waals surface area contributed by atoms with Crippen molar-refractivity contribution in [3.05, 3.63) is 88.4 Å². The molecule has 7 heteroatoms. The van der Waals surface area contributed by atoms with Gasteiger partial charge < -0.3 is 10.2 Å². The van der Waals surface area contributed by atoms with Crippen LogP contribution < -0.4 is 5.32 Å². The maximum absolute atomic E-state index is 12.6. The number of hydrogen-bond acceptors (Lipinski definition) is 6. The molecular formula is C26H29N5OS. The van der Waals surface area contributed by atoms with Crippen LogP contribution in [-0.4, -0.2) is 51.9 Å². The standard InChI is InChI=1S/C26H29N5OS/c1-3-31(4-2)13-12-28-26(32)21-7-5-6-19(14-21)17-25-27-11-10-22(30-25)15-20-8-9-23-24(16-20)33-18-29-23/h5-11,14,16,18H,3-4,12-13,15,17H2,1-2H3,(H,28,32). The van der Waals surface area contributed by atoms with E-state index in [1.54, 1.807) is 11.3 Å². The van der Waals surface area contributed by atoms with Crippen molar-refractivity contribution >= 4 is 27.5 Å². The molecule has 0 saturated heterocycles. The molecular weight excluding hydrogens is 430 g/mol. The Morgan fingerprint density at radius 3 is 2.70 bits per heavy atom. The fourth-order valence-corrected chi connectivity index (χ4v) is 4.56. The van der Waals surface area contributed by atoms with Gasteiger partial charge in [-0.2, -0.15) is 0 Å². The van der Waals surface area contributed by atoms with Crippen molar-refractivity contribution in [2.75, 3.05) is 26.2 Å². The predicted molar refractivity (Wildman–Crippen MR) is 134 cm³/mol.